The van der Waals surface area contributed by atoms with Gasteiger partial charge in [0.25, 0.3) is 0 Å². The lowest BCUT2D eigenvalue weighted by Gasteiger charge is -2.07. The Hall–Kier alpha value is -3.59. The Morgan fingerprint density at radius 1 is 0.852 bits per heavy atom. The molecule has 0 fully saturated rings. The summed E-state index contributed by atoms with van der Waals surface area (Å²) in [5.74, 6) is 0.0466. The maximum atomic E-state index is 12.1. The fourth-order valence-electron chi connectivity index (χ4n) is 3.80. The molecule has 0 atom stereocenters. The third-order valence-electron chi connectivity index (χ3n) is 5.06. The molecule has 0 unspecified atom stereocenters. The van der Waals surface area contributed by atoms with Gasteiger partial charge in [-0.1, -0.05) is 60.7 Å². The van der Waals surface area contributed by atoms with E-state index in [9.17, 15) is 4.79 Å². The summed E-state index contributed by atoms with van der Waals surface area (Å²) in [6.07, 6.45) is 3.60. The molecule has 3 heteroatoms. The zero-order chi connectivity index (χ0) is 18.4. The number of rotatable bonds is 3. The highest BCUT2D eigenvalue weighted by molar-refractivity contribution is 6.14. The molecule has 0 aliphatic carbocycles. The predicted octanol–water partition coefficient (Wildman–Crippen LogP) is 6.45. The van der Waals surface area contributed by atoms with Crippen LogP contribution in [0, 0.1) is 0 Å². The van der Waals surface area contributed by atoms with Crippen LogP contribution in [0.2, 0.25) is 0 Å². The minimum atomic E-state index is 0.0466. The van der Waals surface area contributed by atoms with Crippen LogP contribution in [0.4, 0.5) is 0 Å². The lowest BCUT2D eigenvalue weighted by molar-refractivity contribution is 0.101. The van der Waals surface area contributed by atoms with Crippen LogP contribution in [-0.2, 0) is 0 Å². The molecule has 0 aliphatic heterocycles. The third kappa shape index (κ3) is 2.40. The summed E-state index contributed by atoms with van der Waals surface area (Å²) in [4.78, 5) is 15.3. The average molecular weight is 351 g/mol. The second-order valence-corrected chi connectivity index (χ2v) is 6.68. The van der Waals surface area contributed by atoms with Crippen molar-refractivity contribution in [2.24, 2.45) is 0 Å². The number of hydrogen-bond acceptors (Lipinski definition) is 2. The Bertz CT molecular complexity index is 1290. The van der Waals surface area contributed by atoms with Gasteiger partial charge in [-0.3, -0.25) is 4.79 Å². The largest absolute Gasteiger partial charge is 0.463 e. The van der Waals surface area contributed by atoms with Gasteiger partial charge in [-0.15, -0.1) is 0 Å². The summed E-state index contributed by atoms with van der Waals surface area (Å²) in [5.41, 5.74) is 6.66. The van der Waals surface area contributed by atoms with E-state index in [1.54, 1.807) is 13.1 Å². The molecule has 3 nitrogen and oxygen atoms in total. The molecular weight excluding hydrogens is 334 g/mol. The molecule has 2 heterocycles. The SMILES string of the molecule is CC(=O)c1c[nH]c2cccc(-c3cccc4c(-c5ccccc5)coc34)c12. The van der Waals surface area contributed by atoms with Gasteiger partial charge in [-0.25, -0.2) is 0 Å². The molecule has 1 N–H and O–H groups in total. The molecule has 0 saturated heterocycles. The molecule has 27 heavy (non-hydrogen) atoms. The fraction of sp³-hybridized carbons (Fsp3) is 0.0417. The van der Waals surface area contributed by atoms with Crippen molar-refractivity contribution >= 4 is 27.7 Å². The Labute approximate surface area is 156 Å². The van der Waals surface area contributed by atoms with Crippen molar-refractivity contribution in [3.8, 4) is 22.3 Å². The van der Waals surface area contributed by atoms with E-state index in [0.29, 0.717) is 5.56 Å². The number of H-pyrrole nitrogens is 1. The molecule has 0 bridgehead atoms. The van der Waals surface area contributed by atoms with E-state index < -0.39 is 0 Å². The fourth-order valence-corrected chi connectivity index (χ4v) is 3.80. The van der Waals surface area contributed by atoms with E-state index in [2.05, 4.69) is 23.2 Å². The van der Waals surface area contributed by atoms with Gasteiger partial charge in [-0.2, -0.15) is 0 Å². The number of carbonyl (C=O) groups is 1. The molecule has 2 aromatic heterocycles. The van der Waals surface area contributed by atoms with Crippen LogP contribution in [0.1, 0.15) is 17.3 Å². The summed E-state index contributed by atoms with van der Waals surface area (Å²) in [6, 6.07) is 22.4. The lowest BCUT2D eigenvalue weighted by Crippen LogP contribution is -1.91. The molecule has 0 radical (unpaired) electrons. The Kier molecular flexibility index (Phi) is 3.47. The summed E-state index contributed by atoms with van der Waals surface area (Å²) < 4.78 is 6.02. The second kappa shape index (κ2) is 5.99. The quantitative estimate of drug-likeness (QED) is 0.380. The number of benzene rings is 3. The highest BCUT2D eigenvalue weighted by Crippen LogP contribution is 2.39. The van der Waals surface area contributed by atoms with Crippen molar-refractivity contribution < 1.29 is 9.21 Å². The molecule has 0 saturated carbocycles. The minimum absolute atomic E-state index is 0.0466. The highest BCUT2D eigenvalue weighted by Gasteiger charge is 2.17. The molecule has 0 amide bonds. The third-order valence-corrected chi connectivity index (χ3v) is 5.06. The number of para-hydroxylation sites is 1. The Morgan fingerprint density at radius 3 is 2.44 bits per heavy atom. The molecule has 3 aromatic carbocycles. The van der Waals surface area contributed by atoms with E-state index >= 15 is 0 Å². The first-order valence-corrected chi connectivity index (χ1v) is 8.91. The van der Waals surface area contributed by atoms with Crippen molar-refractivity contribution in [2.75, 3.05) is 0 Å². The summed E-state index contributed by atoms with van der Waals surface area (Å²) >= 11 is 0. The first kappa shape index (κ1) is 15.6. The van der Waals surface area contributed by atoms with Gasteiger partial charge in [0.05, 0.1) is 6.26 Å². The van der Waals surface area contributed by atoms with Crippen LogP contribution in [0.15, 0.2) is 83.6 Å². The predicted molar refractivity (Wildman–Crippen MR) is 109 cm³/mol. The normalized spacial score (nSPS) is 11.3. The van der Waals surface area contributed by atoms with Gasteiger partial charge in [0.2, 0.25) is 0 Å². The molecule has 5 aromatic rings. The van der Waals surface area contributed by atoms with Crippen LogP contribution in [-0.4, -0.2) is 10.8 Å². The second-order valence-electron chi connectivity index (χ2n) is 6.68. The standard InChI is InChI=1S/C24H17NO2/c1-15(26)20-13-25-22-12-6-9-17(23(20)22)18-10-5-11-19-21(14-27-24(18)19)16-7-3-2-4-8-16/h2-14,25H,1H3. The van der Waals surface area contributed by atoms with E-state index in [-0.39, 0.29) is 5.78 Å². The molecule has 130 valence electrons. The van der Waals surface area contributed by atoms with Gasteiger partial charge in [0.1, 0.15) is 5.58 Å². The van der Waals surface area contributed by atoms with Crippen molar-refractivity contribution in [3.05, 3.63) is 84.8 Å². The van der Waals surface area contributed by atoms with Crippen molar-refractivity contribution in [2.45, 2.75) is 6.92 Å². The number of ketones is 1. The number of furan rings is 1. The van der Waals surface area contributed by atoms with Gasteiger partial charge in [-0.05, 0) is 24.1 Å². The summed E-state index contributed by atoms with van der Waals surface area (Å²) in [6.45, 7) is 1.60. The van der Waals surface area contributed by atoms with Gasteiger partial charge in [0.15, 0.2) is 5.78 Å². The Morgan fingerprint density at radius 2 is 1.63 bits per heavy atom. The van der Waals surface area contributed by atoms with Crippen LogP contribution >= 0.6 is 0 Å². The molecule has 0 aliphatic rings. The zero-order valence-corrected chi connectivity index (χ0v) is 14.8. The molecule has 5 rings (SSSR count). The van der Waals surface area contributed by atoms with Gasteiger partial charge >= 0.3 is 0 Å². The van der Waals surface area contributed by atoms with Gasteiger partial charge < -0.3 is 9.40 Å². The highest BCUT2D eigenvalue weighted by atomic mass is 16.3. The van der Waals surface area contributed by atoms with Crippen molar-refractivity contribution in [1.82, 2.24) is 4.98 Å². The van der Waals surface area contributed by atoms with Crippen LogP contribution in [0.5, 0.6) is 0 Å². The minimum Gasteiger partial charge on any atom is -0.463 e. The lowest BCUT2D eigenvalue weighted by atomic mass is 9.95. The summed E-state index contributed by atoms with van der Waals surface area (Å²) in [7, 11) is 0. The summed E-state index contributed by atoms with van der Waals surface area (Å²) in [5, 5.41) is 2.01. The monoisotopic (exact) mass is 351 g/mol. The number of aromatic amines is 1. The van der Waals surface area contributed by atoms with Crippen LogP contribution < -0.4 is 0 Å². The number of hydrogen-bond donors (Lipinski definition) is 1. The molecular formula is C24H17NO2. The maximum absolute atomic E-state index is 12.1. The smallest absolute Gasteiger partial charge is 0.161 e. The van der Waals surface area contributed by atoms with E-state index in [1.807, 2.05) is 54.8 Å². The number of nitrogens with one attached hydrogen (secondary N) is 1. The first-order valence-electron chi connectivity index (χ1n) is 8.91. The van der Waals surface area contributed by atoms with E-state index in [4.69, 9.17) is 4.42 Å². The topological polar surface area (TPSA) is 46.0 Å². The van der Waals surface area contributed by atoms with Gasteiger partial charge in [0, 0.05) is 39.2 Å². The number of fused-ring (bicyclic) bond motifs is 2. The number of aromatic nitrogens is 1. The zero-order valence-electron chi connectivity index (χ0n) is 14.8. The van der Waals surface area contributed by atoms with Crippen LogP contribution in [0.3, 0.4) is 0 Å². The first-order chi connectivity index (χ1) is 13.2. The number of carbonyl (C=O) groups excluding carboxylic acids is 1. The molecule has 0 spiro atoms. The van der Waals surface area contributed by atoms with E-state index in [0.717, 1.165) is 44.1 Å². The number of Topliss-reactive ketones (excluding diaryl/α,β-unsaturated/α-hetero) is 1. The van der Waals surface area contributed by atoms with Crippen molar-refractivity contribution in [3.63, 3.8) is 0 Å². The average Bonchev–Trinajstić information content (AvgIpc) is 3.33. The van der Waals surface area contributed by atoms with E-state index in [1.165, 1.54) is 0 Å². The van der Waals surface area contributed by atoms with Crippen molar-refractivity contribution in [1.29, 1.82) is 0 Å². The Balaban J connectivity index is 1.81. The maximum Gasteiger partial charge on any atom is 0.161 e. The van der Waals surface area contributed by atoms with Crippen LogP contribution in [0.25, 0.3) is 44.1 Å².